The summed E-state index contributed by atoms with van der Waals surface area (Å²) in [5.74, 6) is 0.432. The molecular formula is C14H21NO3S. The molecule has 1 aliphatic rings. The molecule has 0 radical (unpaired) electrons. The molecular weight excluding hydrogens is 262 g/mol. The van der Waals surface area contributed by atoms with Crippen LogP contribution in [0.25, 0.3) is 0 Å². The van der Waals surface area contributed by atoms with Gasteiger partial charge in [-0.1, -0.05) is 30.3 Å². The molecule has 1 aromatic carbocycles. The number of sulfonamides is 1. The standard InChI is InChI=1S/C14H21NO3S/c16-12-14-6-9-15(10-7-14)19(17,18)11-8-13-4-2-1-3-5-13/h1-5,14,16H,6-12H2. The van der Waals surface area contributed by atoms with E-state index in [0.29, 0.717) is 19.5 Å². The first kappa shape index (κ1) is 14.5. The molecule has 0 amide bonds. The Labute approximate surface area is 115 Å². The van der Waals surface area contributed by atoms with Crippen molar-refractivity contribution >= 4 is 10.0 Å². The van der Waals surface area contributed by atoms with Crippen LogP contribution in [0.1, 0.15) is 18.4 Å². The van der Waals surface area contributed by atoms with Crippen molar-refractivity contribution in [3.63, 3.8) is 0 Å². The highest BCUT2D eigenvalue weighted by Gasteiger charge is 2.27. The molecule has 0 spiro atoms. The second-order valence-corrected chi connectivity index (χ2v) is 7.17. The minimum atomic E-state index is -3.16. The van der Waals surface area contributed by atoms with Crippen LogP contribution in [0.2, 0.25) is 0 Å². The second kappa shape index (κ2) is 6.50. The molecule has 2 rings (SSSR count). The number of piperidine rings is 1. The highest BCUT2D eigenvalue weighted by Crippen LogP contribution is 2.19. The zero-order valence-corrected chi connectivity index (χ0v) is 11.8. The van der Waals surface area contributed by atoms with Crippen LogP contribution in [-0.2, 0) is 16.4 Å². The van der Waals surface area contributed by atoms with Gasteiger partial charge in [0.2, 0.25) is 10.0 Å². The van der Waals surface area contributed by atoms with Gasteiger partial charge in [0.1, 0.15) is 0 Å². The number of hydrogen-bond donors (Lipinski definition) is 1. The van der Waals surface area contributed by atoms with E-state index in [0.717, 1.165) is 18.4 Å². The first-order valence-corrected chi connectivity index (χ1v) is 8.35. The lowest BCUT2D eigenvalue weighted by atomic mass is 10.00. The Kier molecular flexibility index (Phi) is 4.96. The van der Waals surface area contributed by atoms with Crippen LogP contribution in [0.15, 0.2) is 30.3 Å². The van der Waals surface area contributed by atoms with Crippen molar-refractivity contribution in [1.29, 1.82) is 0 Å². The fraction of sp³-hybridized carbons (Fsp3) is 0.571. The van der Waals surface area contributed by atoms with Crippen LogP contribution in [0, 0.1) is 5.92 Å². The van der Waals surface area contributed by atoms with Gasteiger partial charge in [0.15, 0.2) is 0 Å². The Morgan fingerprint density at radius 2 is 1.79 bits per heavy atom. The van der Waals surface area contributed by atoms with Crippen molar-refractivity contribution in [2.24, 2.45) is 5.92 Å². The van der Waals surface area contributed by atoms with Gasteiger partial charge in [-0.2, -0.15) is 0 Å². The van der Waals surface area contributed by atoms with Crippen LogP contribution >= 0.6 is 0 Å². The van der Waals surface area contributed by atoms with E-state index in [1.54, 1.807) is 4.31 Å². The van der Waals surface area contributed by atoms with Crippen LogP contribution in [-0.4, -0.2) is 43.3 Å². The van der Waals surface area contributed by atoms with Crippen LogP contribution in [0.3, 0.4) is 0 Å². The highest BCUT2D eigenvalue weighted by molar-refractivity contribution is 7.89. The summed E-state index contributed by atoms with van der Waals surface area (Å²) in [6, 6.07) is 9.68. The number of aryl methyl sites for hydroxylation is 1. The van der Waals surface area contributed by atoms with E-state index in [-0.39, 0.29) is 18.3 Å². The molecule has 19 heavy (non-hydrogen) atoms. The molecule has 1 fully saturated rings. The summed E-state index contributed by atoms with van der Waals surface area (Å²) < 4.78 is 26.0. The average molecular weight is 283 g/mol. The molecule has 0 aromatic heterocycles. The summed E-state index contributed by atoms with van der Waals surface area (Å²) in [7, 11) is -3.16. The van der Waals surface area contributed by atoms with E-state index in [9.17, 15) is 8.42 Å². The fourth-order valence-corrected chi connectivity index (χ4v) is 3.91. The first-order valence-electron chi connectivity index (χ1n) is 6.74. The zero-order chi connectivity index (χ0) is 13.7. The van der Waals surface area contributed by atoms with Crippen LogP contribution in [0.5, 0.6) is 0 Å². The Balaban J connectivity index is 1.89. The molecule has 1 saturated heterocycles. The van der Waals surface area contributed by atoms with E-state index in [1.165, 1.54) is 0 Å². The zero-order valence-electron chi connectivity index (χ0n) is 11.0. The van der Waals surface area contributed by atoms with Gasteiger partial charge in [0.05, 0.1) is 5.75 Å². The van der Waals surface area contributed by atoms with Crippen molar-refractivity contribution in [2.75, 3.05) is 25.4 Å². The minimum absolute atomic E-state index is 0.165. The Morgan fingerprint density at radius 3 is 2.37 bits per heavy atom. The third-order valence-electron chi connectivity index (χ3n) is 3.72. The van der Waals surface area contributed by atoms with Gasteiger partial charge in [-0.05, 0) is 30.7 Å². The van der Waals surface area contributed by atoms with E-state index < -0.39 is 10.0 Å². The van der Waals surface area contributed by atoms with E-state index in [1.807, 2.05) is 30.3 Å². The predicted molar refractivity (Wildman–Crippen MR) is 75.3 cm³/mol. The van der Waals surface area contributed by atoms with Crippen molar-refractivity contribution in [3.05, 3.63) is 35.9 Å². The Hall–Kier alpha value is -0.910. The van der Waals surface area contributed by atoms with Gasteiger partial charge in [0, 0.05) is 19.7 Å². The topological polar surface area (TPSA) is 57.6 Å². The van der Waals surface area contributed by atoms with Crippen LogP contribution < -0.4 is 0 Å². The maximum absolute atomic E-state index is 12.2. The third-order valence-corrected chi connectivity index (χ3v) is 5.59. The van der Waals surface area contributed by atoms with Crippen molar-refractivity contribution < 1.29 is 13.5 Å². The summed E-state index contributed by atoms with van der Waals surface area (Å²) >= 11 is 0. The monoisotopic (exact) mass is 283 g/mol. The summed E-state index contributed by atoms with van der Waals surface area (Å²) in [6.45, 7) is 1.25. The Morgan fingerprint density at radius 1 is 1.16 bits per heavy atom. The van der Waals surface area contributed by atoms with Crippen molar-refractivity contribution in [1.82, 2.24) is 4.31 Å². The van der Waals surface area contributed by atoms with Gasteiger partial charge < -0.3 is 5.11 Å². The number of hydrogen-bond acceptors (Lipinski definition) is 3. The molecule has 4 nitrogen and oxygen atoms in total. The average Bonchev–Trinajstić information content (AvgIpc) is 2.46. The highest BCUT2D eigenvalue weighted by atomic mass is 32.2. The fourth-order valence-electron chi connectivity index (χ4n) is 2.39. The summed E-state index contributed by atoms with van der Waals surface area (Å²) in [6.07, 6.45) is 2.09. The summed E-state index contributed by atoms with van der Waals surface area (Å²) in [5.41, 5.74) is 1.05. The number of nitrogens with zero attached hydrogens (tertiary/aromatic N) is 1. The molecule has 1 N–H and O–H groups in total. The second-order valence-electron chi connectivity index (χ2n) is 5.08. The maximum Gasteiger partial charge on any atom is 0.214 e. The summed E-state index contributed by atoms with van der Waals surface area (Å²) in [4.78, 5) is 0. The first-order chi connectivity index (χ1) is 9.12. The molecule has 0 aliphatic carbocycles. The lowest BCUT2D eigenvalue weighted by molar-refractivity contribution is 0.170. The van der Waals surface area contributed by atoms with Crippen LogP contribution in [0.4, 0.5) is 0 Å². The molecule has 0 saturated carbocycles. The molecule has 0 unspecified atom stereocenters. The normalized spacial score (nSPS) is 18.6. The van der Waals surface area contributed by atoms with Gasteiger partial charge in [-0.3, -0.25) is 0 Å². The largest absolute Gasteiger partial charge is 0.396 e. The third kappa shape index (κ3) is 4.03. The summed E-state index contributed by atoms with van der Waals surface area (Å²) in [5, 5.41) is 9.06. The lowest BCUT2D eigenvalue weighted by Gasteiger charge is -2.30. The van der Waals surface area contributed by atoms with E-state index >= 15 is 0 Å². The SMILES string of the molecule is O=S(=O)(CCc1ccccc1)N1CCC(CO)CC1. The van der Waals surface area contributed by atoms with E-state index in [2.05, 4.69) is 0 Å². The smallest absolute Gasteiger partial charge is 0.214 e. The molecule has 5 heteroatoms. The van der Waals surface area contributed by atoms with Gasteiger partial charge in [-0.25, -0.2) is 12.7 Å². The molecule has 106 valence electrons. The maximum atomic E-state index is 12.2. The van der Waals surface area contributed by atoms with E-state index in [4.69, 9.17) is 5.11 Å². The van der Waals surface area contributed by atoms with Gasteiger partial charge in [-0.15, -0.1) is 0 Å². The molecule has 1 aliphatic heterocycles. The number of benzene rings is 1. The molecule has 0 atom stereocenters. The number of rotatable bonds is 5. The molecule has 1 heterocycles. The van der Waals surface area contributed by atoms with Gasteiger partial charge >= 0.3 is 0 Å². The number of aliphatic hydroxyl groups excluding tert-OH is 1. The quantitative estimate of drug-likeness (QED) is 0.885. The lowest BCUT2D eigenvalue weighted by Crippen LogP contribution is -2.40. The minimum Gasteiger partial charge on any atom is -0.396 e. The molecule has 0 bridgehead atoms. The number of aliphatic hydroxyl groups is 1. The van der Waals surface area contributed by atoms with Crippen molar-refractivity contribution in [2.45, 2.75) is 19.3 Å². The van der Waals surface area contributed by atoms with Crippen molar-refractivity contribution in [3.8, 4) is 0 Å². The predicted octanol–water partition coefficient (Wildman–Crippen LogP) is 1.26. The van der Waals surface area contributed by atoms with Gasteiger partial charge in [0.25, 0.3) is 0 Å². The Bertz CT molecular complexity index is 479. The molecule has 1 aromatic rings.